The van der Waals surface area contributed by atoms with Crippen LogP contribution in [0.5, 0.6) is 0 Å². The second kappa shape index (κ2) is 10.6. The van der Waals surface area contributed by atoms with Gasteiger partial charge in [0.2, 0.25) is 0 Å². The Hall–Kier alpha value is -2.97. The maximum atomic E-state index is 12.7. The number of rotatable bonds is 4. The molecule has 9 heteroatoms. The van der Waals surface area contributed by atoms with Crippen LogP contribution >= 0.6 is 0 Å². The number of ether oxygens (including phenoxy) is 3. The zero-order valence-corrected chi connectivity index (χ0v) is 19.8. The van der Waals surface area contributed by atoms with Crippen molar-refractivity contribution in [3.05, 3.63) is 35.9 Å². The molecule has 0 radical (unpaired) electrons. The van der Waals surface area contributed by atoms with E-state index < -0.39 is 41.6 Å². The Labute approximate surface area is 189 Å². The van der Waals surface area contributed by atoms with Crippen LogP contribution in [0.3, 0.4) is 0 Å². The van der Waals surface area contributed by atoms with E-state index in [1.165, 1.54) is 4.90 Å². The van der Waals surface area contributed by atoms with E-state index >= 15 is 0 Å². The predicted octanol–water partition coefficient (Wildman–Crippen LogP) is 3.82. The van der Waals surface area contributed by atoms with E-state index in [9.17, 15) is 14.4 Å². The van der Waals surface area contributed by atoms with Gasteiger partial charge in [0.25, 0.3) is 0 Å². The first-order chi connectivity index (χ1) is 14.8. The quantitative estimate of drug-likeness (QED) is 0.677. The molecular formula is C23H35N3O6. The number of nitrogens with zero attached hydrogens (tertiary/aromatic N) is 1. The van der Waals surface area contributed by atoms with E-state index in [4.69, 9.17) is 14.2 Å². The monoisotopic (exact) mass is 449 g/mol. The van der Waals surface area contributed by atoms with Crippen LogP contribution in [0.15, 0.2) is 30.3 Å². The summed E-state index contributed by atoms with van der Waals surface area (Å²) in [6.45, 7) is 11.2. The molecule has 2 rings (SSSR count). The van der Waals surface area contributed by atoms with Crippen molar-refractivity contribution in [2.24, 2.45) is 0 Å². The summed E-state index contributed by atoms with van der Waals surface area (Å²) in [5.74, 6) is 0. The van der Waals surface area contributed by atoms with Gasteiger partial charge in [-0.1, -0.05) is 30.3 Å². The minimum Gasteiger partial charge on any atom is -0.445 e. The van der Waals surface area contributed by atoms with Crippen LogP contribution in [0.25, 0.3) is 0 Å². The molecule has 1 fully saturated rings. The summed E-state index contributed by atoms with van der Waals surface area (Å²) >= 11 is 0. The van der Waals surface area contributed by atoms with Gasteiger partial charge < -0.3 is 29.7 Å². The van der Waals surface area contributed by atoms with E-state index in [-0.39, 0.29) is 19.7 Å². The zero-order chi connectivity index (χ0) is 23.9. The van der Waals surface area contributed by atoms with Crippen molar-refractivity contribution in [3.63, 3.8) is 0 Å². The Morgan fingerprint density at radius 2 is 1.34 bits per heavy atom. The fourth-order valence-corrected chi connectivity index (χ4v) is 3.22. The molecule has 0 bridgehead atoms. The first-order valence-electron chi connectivity index (χ1n) is 10.8. The fourth-order valence-electron chi connectivity index (χ4n) is 3.22. The Morgan fingerprint density at radius 1 is 0.875 bits per heavy atom. The van der Waals surface area contributed by atoms with E-state index in [1.807, 2.05) is 30.3 Å². The van der Waals surface area contributed by atoms with Gasteiger partial charge in [0.05, 0.1) is 12.1 Å². The number of benzene rings is 1. The van der Waals surface area contributed by atoms with E-state index in [0.29, 0.717) is 6.42 Å². The summed E-state index contributed by atoms with van der Waals surface area (Å²) in [6, 6.07) is 8.49. The average Bonchev–Trinajstić information content (AvgIpc) is 2.63. The molecule has 178 valence electrons. The number of hydrogen-bond acceptors (Lipinski definition) is 6. The number of hydrogen-bond donors (Lipinski definition) is 2. The van der Waals surface area contributed by atoms with Gasteiger partial charge in [0, 0.05) is 13.1 Å². The number of amides is 3. The van der Waals surface area contributed by atoms with Crippen molar-refractivity contribution in [2.75, 3.05) is 13.1 Å². The van der Waals surface area contributed by atoms with Crippen molar-refractivity contribution >= 4 is 18.3 Å². The molecule has 1 aromatic carbocycles. The number of likely N-dealkylation sites (tertiary alicyclic amines) is 1. The molecule has 3 amide bonds. The summed E-state index contributed by atoms with van der Waals surface area (Å²) in [4.78, 5) is 38.7. The van der Waals surface area contributed by atoms with Crippen LogP contribution in [0.1, 0.15) is 53.5 Å². The SMILES string of the molecule is CC(C)(C)OC(=O)N[C@@H]1C[C@H](NC(=O)OC(C)(C)C)CN(C(=O)OCc2ccccc2)C1. The van der Waals surface area contributed by atoms with Crippen LogP contribution in [0.4, 0.5) is 14.4 Å². The Balaban J connectivity index is 2.03. The van der Waals surface area contributed by atoms with E-state index in [1.54, 1.807) is 41.5 Å². The third-order valence-electron chi connectivity index (χ3n) is 4.36. The standard InChI is InChI=1S/C23H35N3O6/c1-22(2,3)31-19(27)24-17-12-18(25-20(28)32-23(4,5)6)14-26(13-17)21(29)30-15-16-10-8-7-9-11-16/h7-11,17-18H,12-15H2,1-6H3,(H,24,27)(H,25,28)/t17-,18+. The summed E-state index contributed by atoms with van der Waals surface area (Å²) in [5.41, 5.74) is -0.438. The molecule has 0 unspecified atom stereocenters. The minimum atomic E-state index is -0.652. The fraction of sp³-hybridized carbons (Fsp3) is 0.609. The van der Waals surface area contributed by atoms with Gasteiger partial charge in [0.15, 0.2) is 0 Å². The highest BCUT2D eigenvalue weighted by Gasteiger charge is 2.34. The second-order valence-electron chi connectivity index (χ2n) is 9.87. The normalized spacial score (nSPS) is 19.0. The first-order valence-corrected chi connectivity index (χ1v) is 10.8. The average molecular weight is 450 g/mol. The van der Waals surface area contributed by atoms with Crippen LogP contribution < -0.4 is 10.6 Å². The van der Waals surface area contributed by atoms with Gasteiger partial charge in [-0.05, 0) is 53.5 Å². The lowest BCUT2D eigenvalue weighted by Gasteiger charge is -2.38. The number of piperidine rings is 1. The Kier molecular flexibility index (Phi) is 8.35. The molecule has 0 aromatic heterocycles. The van der Waals surface area contributed by atoms with Gasteiger partial charge in [-0.25, -0.2) is 14.4 Å². The molecule has 1 saturated heterocycles. The number of carbonyl (C=O) groups is 3. The Morgan fingerprint density at radius 3 is 1.78 bits per heavy atom. The Bertz CT molecular complexity index is 747. The third kappa shape index (κ3) is 9.45. The van der Waals surface area contributed by atoms with Crippen LogP contribution in [-0.4, -0.2) is 59.6 Å². The van der Waals surface area contributed by atoms with Gasteiger partial charge in [-0.2, -0.15) is 0 Å². The molecule has 1 aliphatic heterocycles. The van der Waals surface area contributed by atoms with Crippen LogP contribution in [0.2, 0.25) is 0 Å². The molecule has 1 aromatic rings. The van der Waals surface area contributed by atoms with Crippen molar-refractivity contribution in [1.82, 2.24) is 15.5 Å². The molecular weight excluding hydrogens is 414 g/mol. The highest BCUT2D eigenvalue weighted by atomic mass is 16.6. The topological polar surface area (TPSA) is 106 Å². The van der Waals surface area contributed by atoms with E-state index in [2.05, 4.69) is 10.6 Å². The van der Waals surface area contributed by atoms with E-state index in [0.717, 1.165) is 5.56 Å². The number of nitrogens with one attached hydrogen (secondary N) is 2. The molecule has 32 heavy (non-hydrogen) atoms. The van der Waals surface area contributed by atoms with Gasteiger partial charge in [-0.15, -0.1) is 0 Å². The maximum Gasteiger partial charge on any atom is 0.410 e. The van der Waals surface area contributed by atoms with Crippen LogP contribution in [0, 0.1) is 0 Å². The second-order valence-corrected chi connectivity index (χ2v) is 9.87. The molecule has 2 N–H and O–H groups in total. The maximum absolute atomic E-state index is 12.7. The predicted molar refractivity (Wildman–Crippen MR) is 119 cm³/mol. The molecule has 0 aliphatic carbocycles. The number of carbonyl (C=O) groups excluding carboxylic acids is 3. The van der Waals surface area contributed by atoms with Crippen molar-refractivity contribution in [2.45, 2.75) is 77.9 Å². The van der Waals surface area contributed by atoms with Crippen molar-refractivity contribution in [3.8, 4) is 0 Å². The molecule has 9 nitrogen and oxygen atoms in total. The largest absolute Gasteiger partial charge is 0.445 e. The first kappa shape index (κ1) is 25.3. The van der Waals surface area contributed by atoms with Gasteiger partial charge >= 0.3 is 18.3 Å². The molecule has 1 heterocycles. The molecule has 0 spiro atoms. The van der Waals surface area contributed by atoms with Gasteiger partial charge in [-0.3, -0.25) is 0 Å². The van der Waals surface area contributed by atoms with Gasteiger partial charge in [0.1, 0.15) is 17.8 Å². The molecule has 2 atom stereocenters. The lowest BCUT2D eigenvalue weighted by atomic mass is 10.0. The third-order valence-corrected chi connectivity index (χ3v) is 4.36. The summed E-state index contributed by atoms with van der Waals surface area (Å²) in [6.07, 6.45) is -1.28. The highest BCUT2D eigenvalue weighted by Crippen LogP contribution is 2.16. The van der Waals surface area contributed by atoms with Crippen LogP contribution in [-0.2, 0) is 20.8 Å². The smallest absolute Gasteiger partial charge is 0.410 e. The zero-order valence-electron chi connectivity index (χ0n) is 19.8. The highest BCUT2D eigenvalue weighted by molar-refractivity contribution is 5.71. The van der Waals surface area contributed by atoms with Crippen molar-refractivity contribution in [1.29, 1.82) is 0 Å². The molecule has 0 saturated carbocycles. The van der Waals surface area contributed by atoms with Crippen molar-refractivity contribution < 1.29 is 28.6 Å². The summed E-state index contributed by atoms with van der Waals surface area (Å²) in [5, 5.41) is 5.57. The summed E-state index contributed by atoms with van der Waals surface area (Å²) in [7, 11) is 0. The summed E-state index contributed by atoms with van der Waals surface area (Å²) < 4.78 is 16.1. The molecule has 1 aliphatic rings. The lowest BCUT2D eigenvalue weighted by molar-refractivity contribution is 0.0375. The lowest BCUT2D eigenvalue weighted by Crippen LogP contribution is -2.59. The number of alkyl carbamates (subject to hydrolysis) is 2. The minimum absolute atomic E-state index is 0.129.